The van der Waals surface area contributed by atoms with Crippen molar-refractivity contribution < 1.29 is 14.0 Å². The number of benzene rings is 1. The molecule has 1 aliphatic rings. The zero-order valence-electron chi connectivity index (χ0n) is 17.7. The SMILES string of the molecule is CC1CN(C(=O)CCCC(=O)c2ccc(F)cc2)CC(C)N1CCCN(C)C. The highest BCUT2D eigenvalue weighted by molar-refractivity contribution is 5.96. The van der Waals surface area contributed by atoms with Gasteiger partial charge >= 0.3 is 0 Å². The molecule has 1 aromatic rings. The molecule has 1 saturated heterocycles. The van der Waals surface area contributed by atoms with Gasteiger partial charge in [0.25, 0.3) is 0 Å². The van der Waals surface area contributed by atoms with Crippen LogP contribution in [0.5, 0.6) is 0 Å². The molecule has 0 N–H and O–H groups in total. The molecule has 0 bridgehead atoms. The number of piperazine rings is 1. The van der Waals surface area contributed by atoms with Gasteiger partial charge in [-0.05, 0) is 71.6 Å². The van der Waals surface area contributed by atoms with Crippen molar-refractivity contribution in [2.45, 2.75) is 51.6 Å². The number of Topliss-reactive ketones (excluding diaryl/α,β-unsaturated/α-hetero) is 1. The zero-order valence-corrected chi connectivity index (χ0v) is 17.7. The van der Waals surface area contributed by atoms with Gasteiger partial charge < -0.3 is 9.80 Å². The summed E-state index contributed by atoms with van der Waals surface area (Å²) in [5.41, 5.74) is 0.502. The molecule has 156 valence electrons. The predicted molar refractivity (Wildman–Crippen MR) is 110 cm³/mol. The molecule has 1 heterocycles. The third-order valence-corrected chi connectivity index (χ3v) is 5.44. The summed E-state index contributed by atoms with van der Waals surface area (Å²) in [6.07, 6.45) is 2.35. The number of carbonyl (C=O) groups is 2. The third kappa shape index (κ3) is 6.67. The lowest BCUT2D eigenvalue weighted by Gasteiger charge is -2.44. The maximum Gasteiger partial charge on any atom is 0.222 e. The average Bonchev–Trinajstić information content (AvgIpc) is 2.63. The monoisotopic (exact) mass is 391 g/mol. The van der Waals surface area contributed by atoms with Crippen molar-refractivity contribution in [3.8, 4) is 0 Å². The van der Waals surface area contributed by atoms with E-state index in [1.807, 2.05) is 4.90 Å². The first-order chi connectivity index (χ1) is 13.3. The molecule has 1 aromatic carbocycles. The molecule has 1 fully saturated rings. The van der Waals surface area contributed by atoms with Crippen LogP contribution in [0.2, 0.25) is 0 Å². The molecule has 6 heteroatoms. The molecule has 2 rings (SSSR count). The number of ketones is 1. The summed E-state index contributed by atoms with van der Waals surface area (Å²) < 4.78 is 12.9. The first-order valence-electron chi connectivity index (χ1n) is 10.2. The van der Waals surface area contributed by atoms with E-state index in [-0.39, 0.29) is 17.5 Å². The smallest absolute Gasteiger partial charge is 0.222 e. The highest BCUT2D eigenvalue weighted by atomic mass is 19.1. The summed E-state index contributed by atoms with van der Waals surface area (Å²) in [6, 6.07) is 6.26. The fourth-order valence-corrected chi connectivity index (χ4v) is 3.91. The molecule has 0 aromatic heterocycles. The van der Waals surface area contributed by atoms with Gasteiger partial charge in [0.15, 0.2) is 5.78 Å². The summed E-state index contributed by atoms with van der Waals surface area (Å²) in [7, 11) is 4.18. The fourth-order valence-electron chi connectivity index (χ4n) is 3.91. The van der Waals surface area contributed by atoms with Crippen molar-refractivity contribution in [1.29, 1.82) is 0 Å². The molecule has 2 atom stereocenters. The number of hydrogen-bond donors (Lipinski definition) is 0. The van der Waals surface area contributed by atoms with Gasteiger partial charge in [-0.25, -0.2) is 4.39 Å². The fraction of sp³-hybridized carbons (Fsp3) is 0.636. The highest BCUT2D eigenvalue weighted by Crippen LogP contribution is 2.18. The van der Waals surface area contributed by atoms with Crippen molar-refractivity contribution in [3.05, 3.63) is 35.6 Å². The Hall–Kier alpha value is -1.79. The molecule has 1 aliphatic heterocycles. The molecule has 1 amide bonds. The number of rotatable bonds is 9. The van der Waals surface area contributed by atoms with Gasteiger partial charge in [-0.2, -0.15) is 0 Å². The molecule has 0 spiro atoms. The van der Waals surface area contributed by atoms with E-state index in [0.29, 0.717) is 36.9 Å². The Labute approximate surface area is 168 Å². The standard InChI is InChI=1S/C22H34FN3O2/c1-17-15-25(16-18(2)26(17)14-6-13-24(3)4)22(28)8-5-7-21(27)19-9-11-20(23)12-10-19/h9-12,17-18H,5-8,13-16H2,1-4H3. The van der Waals surface area contributed by atoms with E-state index in [4.69, 9.17) is 0 Å². The van der Waals surface area contributed by atoms with Crippen molar-refractivity contribution >= 4 is 11.7 Å². The van der Waals surface area contributed by atoms with Gasteiger partial charge in [0, 0.05) is 50.1 Å². The van der Waals surface area contributed by atoms with E-state index in [2.05, 4.69) is 37.7 Å². The maximum absolute atomic E-state index is 12.9. The Morgan fingerprint density at radius 2 is 1.64 bits per heavy atom. The summed E-state index contributed by atoms with van der Waals surface area (Å²) in [5, 5.41) is 0. The minimum Gasteiger partial charge on any atom is -0.340 e. The Kier molecular flexibility index (Phi) is 8.58. The largest absolute Gasteiger partial charge is 0.340 e. The van der Waals surface area contributed by atoms with Gasteiger partial charge in [0.1, 0.15) is 5.82 Å². The van der Waals surface area contributed by atoms with Crippen LogP contribution in [-0.4, -0.2) is 78.7 Å². The lowest BCUT2D eigenvalue weighted by molar-refractivity contribution is -0.135. The molecule has 28 heavy (non-hydrogen) atoms. The Balaban J connectivity index is 1.75. The minimum atomic E-state index is -0.351. The number of carbonyl (C=O) groups excluding carboxylic acids is 2. The lowest BCUT2D eigenvalue weighted by atomic mass is 10.0. The van der Waals surface area contributed by atoms with Gasteiger partial charge in [0.2, 0.25) is 5.91 Å². The topological polar surface area (TPSA) is 43.9 Å². The quantitative estimate of drug-likeness (QED) is 0.607. The summed E-state index contributed by atoms with van der Waals surface area (Å²) in [5.74, 6) is -0.269. The molecule has 5 nitrogen and oxygen atoms in total. The van der Waals surface area contributed by atoms with Crippen molar-refractivity contribution in [2.24, 2.45) is 0 Å². The van der Waals surface area contributed by atoms with Crippen LogP contribution in [0.3, 0.4) is 0 Å². The van der Waals surface area contributed by atoms with E-state index in [0.717, 1.165) is 32.6 Å². The van der Waals surface area contributed by atoms with Crippen LogP contribution in [-0.2, 0) is 4.79 Å². The first-order valence-corrected chi connectivity index (χ1v) is 10.2. The molecule has 0 saturated carbocycles. The number of hydrogen-bond acceptors (Lipinski definition) is 4. The summed E-state index contributed by atoms with van der Waals surface area (Å²) in [4.78, 5) is 31.4. The van der Waals surface area contributed by atoms with Crippen LogP contribution in [0.1, 0.15) is 49.9 Å². The summed E-state index contributed by atoms with van der Waals surface area (Å²) >= 11 is 0. The molecule has 2 unspecified atom stereocenters. The van der Waals surface area contributed by atoms with E-state index >= 15 is 0 Å². The van der Waals surface area contributed by atoms with E-state index in [1.54, 1.807) is 0 Å². The van der Waals surface area contributed by atoms with Gasteiger partial charge in [0.05, 0.1) is 0 Å². The second-order valence-electron chi connectivity index (χ2n) is 8.18. The highest BCUT2D eigenvalue weighted by Gasteiger charge is 2.31. The first kappa shape index (κ1) is 22.5. The van der Waals surface area contributed by atoms with Crippen LogP contribution in [0, 0.1) is 5.82 Å². The lowest BCUT2D eigenvalue weighted by Crippen LogP contribution is -2.58. The number of halogens is 1. The molecule has 0 aliphatic carbocycles. The van der Waals surface area contributed by atoms with E-state index in [1.165, 1.54) is 24.3 Å². The maximum atomic E-state index is 12.9. The second kappa shape index (κ2) is 10.7. The molecular formula is C22H34FN3O2. The Bertz CT molecular complexity index is 636. The number of amides is 1. The zero-order chi connectivity index (χ0) is 20.7. The van der Waals surface area contributed by atoms with Crippen molar-refractivity contribution in [1.82, 2.24) is 14.7 Å². The number of nitrogens with zero attached hydrogens (tertiary/aromatic N) is 3. The Morgan fingerprint density at radius 3 is 2.21 bits per heavy atom. The van der Waals surface area contributed by atoms with Crippen LogP contribution < -0.4 is 0 Å². The van der Waals surface area contributed by atoms with Gasteiger partial charge in [-0.3, -0.25) is 14.5 Å². The van der Waals surface area contributed by atoms with Crippen molar-refractivity contribution in [3.63, 3.8) is 0 Å². The van der Waals surface area contributed by atoms with E-state index in [9.17, 15) is 14.0 Å². The average molecular weight is 392 g/mol. The van der Waals surface area contributed by atoms with Crippen LogP contribution in [0.15, 0.2) is 24.3 Å². The Morgan fingerprint density at radius 1 is 1.04 bits per heavy atom. The van der Waals surface area contributed by atoms with Gasteiger partial charge in [-0.15, -0.1) is 0 Å². The normalized spacial score (nSPS) is 20.6. The minimum absolute atomic E-state index is 0.0414. The predicted octanol–water partition coefficient (Wildman–Crippen LogP) is 3.05. The molecular weight excluding hydrogens is 357 g/mol. The van der Waals surface area contributed by atoms with Crippen LogP contribution in [0.4, 0.5) is 4.39 Å². The molecule has 0 radical (unpaired) electrons. The summed E-state index contributed by atoms with van der Waals surface area (Å²) in [6.45, 7) is 7.98. The van der Waals surface area contributed by atoms with Gasteiger partial charge in [-0.1, -0.05) is 0 Å². The van der Waals surface area contributed by atoms with E-state index < -0.39 is 0 Å². The van der Waals surface area contributed by atoms with Crippen LogP contribution in [0.25, 0.3) is 0 Å². The third-order valence-electron chi connectivity index (χ3n) is 5.44. The van der Waals surface area contributed by atoms with Crippen molar-refractivity contribution in [2.75, 3.05) is 40.3 Å². The van der Waals surface area contributed by atoms with Crippen LogP contribution >= 0.6 is 0 Å². The second-order valence-corrected chi connectivity index (χ2v) is 8.18.